The summed E-state index contributed by atoms with van der Waals surface area (Å²) in [6, 6.07) is 0.419. The fourth-order valence-electron chi connectivity index (χ4n) is 4.29. The summed E-state index contributed by atoms with van der Waals surface area (Å²) in [5.41, 5.74) is 1.21. The first-order chi connectivity index (χ1) is 15.1. The Kier molecular flexibility index (Phi) is 9.54. The van der Waals surface area contributed by atoms with Gasteiger partial charge in [-0.05, 0) is 58.5 Å². The lowest BCUT2D eigenvalue weighted by Gasteiger charge is -2.33. The second-order valence-electron chi connectivity index (χ2n) is 8.66. The van der Waals surface area contributed by atoms with Gasteiger partial charge in [-0.2, -0.15) is 0 Å². The number of hydrogen-bond acceptors (Lipinski definition) is 6. The number of carbonyl (C=O) groups excluding carboxylic acids is 1. The number of nitrogens with one attached hydrogen (secondary N) is 3. The molecule has 31 heavy (non-hydrogen) atoms. The van der Waals surface area contributed by atoms with Crippen LogP contribution in [0, 0.1) is 12.8 Å². The van der Waals surface area contributed by atoms with Crippen LogP contribution in [0.1, 0.15) is 43.3 Å². The van der Waals surface area contributed by atoms with Crippen LogP contribution in [-0.2, 0) is 11.3 Å². The molecule has 1 amide bonds. The summed E-state index contributed by atoms with van der Waals surface area (Å²) in [7, 11) is 1.70. The molecule has 2 fully saturated rings. The number of amides is 1. The molecule has 0 saturated carbocycles. The van der Waals surface area contributed by atoms with E-state index in [0.29, 0.717) is 18.5 Å². The highest BCUT2D eigenvalue weighted by Crippen LogP contribution is 2.20. The molecule has 3 N–H and O–H groups in total. The second-order valence-corrected chi connectivity index (χ2v) is 9.73. The molecule has 3 heterocycles. The van der Waals surface area contributed by atoms with Gasteiger partial charge in [0, 0.05) is 51.2 Å². The number of thiazole rings is 1. The molecule has 0 atom stereocenters. The highest BCUT2D eigenvalue weighted by atomic mass is 32.1. The first-order valence-electron chi connectivity index (χ1n) is 11.7. The Balaban J connectivity index is 1.39. The Labute approximate surface area is 190 Å². The third kappa shape index (κ3) is 8.05. The Morgan fingerprint density at radius 2 is 1.90 bits per heavy atom. The first-order valence-corrected chi connectivity index (χ1v) is 12.5. The highest BCUT2D eigenvalue weighted by Gasteiger charge is 2.22. The number of rotatable bonds is 8. The van der Waals surface area contributed by atoms with Crippen LogP contribution in [0.25, 0.3) is 0 Å². The largest absolute Gasteiger partial charge is 0.358 e. The average molecular weight is 450 g/mol. The van der Waals surface area contributed by atoms with Crippen LogP contribution in [-0.4, -0.2) is 85.6 Å². The molecule has 2 saturated heterocycles. The molecule has 3 rings (SSSR count). The lowest BCUT2D eigenvalue weighted by atomic mass is 9.97. The Morgan fingerprint density at radius 1 is 1.19 bits per heavy atom. The van der Waals surface area contributed by atoms with Crippen LogP contribution in [0.15, 0.2) is 10.4 Å². The summed E-state index contributed by atoms with van der Waals surface area (Å²) in [6.45, 7) is 11.6. The van der Waals surface area contributed by atoms with E-state index in [1.807, 2.05) is 0 Å². The van der Waals surface area contributed by atoms with Crippen LogP contribution >= 0.6 is 11.3 Å². The molecule has 0 aromatic carbocycles. The zero-order valence-corrected chi connectivity index (χ0v) is 20.1. The van der Waals surface area contributed by atoms with E-state index in [0.717, 1.165) is 69.6 Å². The van der Waals surface area contributed by atoms with Crippen molar-refractivity contribution in [2.45, 2.75) is 52.1 Å². The molecule has 0 radical (unpaired) electrons. The minimum absolute atomic E-state index is 0.0917. The molecule has 2 aliphatic rings. The molecule has 0 aliphatic carbocycles. The summed E-state index contributed by atoms with van der Waals surface area (Å²) in [4.78, 5) is 25.8. The molecule has 1 aromatic rings. The Hall–Kier alpha value is -1.71. The molecule has 0 spiro atoms. The number of nitrogens with zero attached hydrogens (tertiary/aromatic N) is 4. The smallest absolute Gasteiger partial charge is 0.233 e. The van der Waals surface area contributed by atoms with Gasteiger partial charge in [0.05, 0.1) is 17.2 Å². The summed E-state index contributed by atoms with van der Waals surface area (Å²) >= 11 is 1.74. The number of hydrogen-bond donors (Lipinski definition) is 3. The van der Waals surface area contributed by atoms with Crippen LogP contribution in [0.3, 0.4) is 0 Å². The van der Waals surface area contributed by atoms with E-state index in [9.17, 15) is 4.79 Å². The van der Waals surface area contributed by atoms with Crippen molar-refractivity contribution in [1.29, 1.82) is 0 Å². The number of carbonyl (C=O) groups is 1. The minimum atomic E-state index is 0.0917. The van der Waals surface area contributed by atoms with Crippen molar-refractivity contribution in [2.24, 2.45) is 10.9 Å². The second kappa shape index (κ2) is 12.4. The number of aryl methyl sites for hydroxylation is 1. The van der Waals surface area contributed by atoms with E-state index in [2.05, 4.69) is 50.0 Å². The third-order valence-corrected chi connectivity index (χ3v) is 7.01. The van der Waals surface area contributed by atoms with Crippen LogP contribution in [0.2, 0.25) is 0 Å². The zero-order valence-electron chi connectivity index (χ0n) is 19.3. The van der Waals surface area contributed by atoms with Gasteiger partial charge in [-0.1, -0.05) is 0 Å². The summed E-state index contributed by atoms with van der Waals surface area (Å²) in [5.74, 6) is 1.68. The highest BCUT2D eigenvalue weighted by molar-refractivity contribution is 7.09. The van der Waals surface area contributed by atoms with Gasteiger partial charge in [0.15, 0.2) is 5.96 Å². The van der Waals surface area contributed by atoms with Gasteiger partial charge >= 0.3 is 0 Å². The van der Waals surface area contributed by atoms with Crippen molar-refractivity contribution in [1.82, 2.24) is 30.7 Å². The number of piperidine rings is 2. The molecule has 174 valence electrons. The van der Waals surface area contributed by atoms with Gasteiger partial charge in [-0.3, -0.25) is 19.6 Å². The molecule has 0 unspecified atom stereocenters. The predicted molar refractivity (Wildman–Crippen MR) is 127 cm³/mol. The fraction of sp³-hybridized carbons (Fsp3) is 0.773. The number of likely N-dealkylation sites (tertiary alicyclic amines) is 2. The molecule has 1 aromatic heterocycles. The molecule has 8 nitrogen and oxygen atoms in total. The van der Waals surface area contributed by atoms with Crippen molar-refractivity contribution in [3.63, 3.8) is 0 Å². The average Bonchev–Trinajstić information content (AvgIpc) is 3.19. The van der Waals surface area contributed by atoms with Gasteiger partial charge < -0.3 is 16.0 Å². The quantitative estimate of drug-likeness (QED) is 0.411. The van der Waals surface area contributed by atoms with Gasteiger partial charge in [-0.15, -0.1) is 11.3 Å². The van der Waals surface area contributed by atoms with E-state index >= 15 is 0 Å². The molecular weight excluding hydrogens is 410 g/mol. The Bertz CT molecular complexity index is 706. The standard InChI is InChI=1S/C22H39N7OS/c1-4-24-22(27-19-7-11-29(12-8-19)15-21(30)23-3)25-13-18-5-9-28(10-6-18)14-20-16-31-17(2)26-20/h16,18-19H,4-15H2,1-3H3,(H,23,30)(H2,24,25,27). The van der Waals surface area contributed by atoms with E-state index in [1.165, 1.54) is 18.5 Å². The fourth-order valence-corrected chi connectivity index (χ4v) is 4.89. The van der Waals surface area contributed by atoms with Crippen LogP contribution in [0.4, 0.5) is 0 Å². The number of aliphatic imine (C=N–C) groups is 1. The monoisotopic (exact) mass is 449 g/mol. The van der Waals surface area contributed by atoms with E-state index in [-0.39, 0.29) is 5.91 Å². The van der Waals surface area contributed by atoms with Gasteiger partial charge in [0.1, 0.15) is 0 Å². The maximum Gasteiger partial charge on any atom is 0.233 e. The van der Waals surface area contributed by atoms with E-state index in [1.54, 1.807) is 18.4 Å². The maximum atomic E-state index is 11.6. The van der Waals surface area contributed by atoms with Crippen LogP contribution < -0.4 is 16.0 Å². The molecule has 0 bridgehead atoms. The van der Waals surface area contributed by atoms with Gasteiger partial charge in [0.2, 0.25) is 5.91 Å². The van der Waals surface area contributed by atoms with Crippen molar-refractivity contribution < 1.29 is 4.79 Å². The van der Waals surface area contributed by atoms with E-state index < -0.39 is 0 Å². The molecular formula is C22H39N7OS. The van der Waals surface area contributed by atoms with Crippen molar-refractivity contribution in [3.05, 3.63) is 16.1 Å². The summed E-state index contributed by atoms with van der Waals surface area (Å²) < 4.78 is 0. The van der Waals surface area contributed by atoms with Gasteiger partial charge in [-0.25, -0.2) is 4.98 Å². The molecule has 2 aliphatic heterocycles. The van der Waals surface area contributed by atoms with Crippen molar-refractivity contribution >= 4 is 23.2 Å². The predicted octanol–water partition coefficient (Wildman–Crippen LogP) is 1.43. The SMILES string of the molecule is CCNC(=NCC1CCN(Cc2csc(C)n2)CC1)NC1CCN(CC(=O)NC)CC1. The lowest BCUT2D eigenvalue weighted by Crippen LogP contribution is -2.50. The topological polar surface area (TPSA) is 84.9 Å². The van der Waals surface area contributed by atoms with Gasteiger partial charge in [0.25, 0.3) is 0 Å². The number of aromatic nitrogens is 1. The van der Waals surface area contributed by atoms with Crippen LogP contribution in [0.5, 0.6) is 0 Å². The third-order valence-electron chi connectivity index (χ3n) is 6.19. The number of guanidine groups is 1. The maximum absolute atomic E-state index is 11.6. The minimum Gasteiger partial charge on any atom is -0.358 e. The molecule has 9 heteroatoms. The van der Waals surface area contributed by atoms with Crippen molar-refractivity contribution in [3.8, 4) is 0 Å². The summed E-state index contributed by atoms with van der Waals surface area (Å²) in [5, 5.41) is 13.1. The normalized spacial score (nSPS) is 20.0. The zero-order chi connectivity index (χ0) is 22.1. The van der Waals surface area contributed by atoms with Crippen molar-refractivity contribution in [2.75, 3.05) is 52.9 Å². The number of likely N-dealkylation sites (N-methyl/N-ethyl adjacent to an activating group) is 1. The Morgan fingerprint density at radius 3 is 2.52 bits per heavy atom. The summed E-state index contributed by atoms with van der Waals surface area (Å²) in [6.07, 6.45) is 4.47. The van der Waals surface area contributed by atoms with E-state index in [4.69, 9.17) is 4.99 Å². The first kappa shape index (κ1) is 23.9. The lowest BCUT2D eigenvalue weighted by molar-refractivity contribution is -0.122.